The Labute approximate surface area is 122 Å². The van der Waals surface area contributed by atoms with Gasteiger partial charge >= 0.3 is 0 Å². The lowest BCUT2D eigenvalue weighted by molar-refractivity contribution is -0.131. The van der Waals surface area contributed by atoms with E-state index in [1.165, 1.54) is 0 Å². The number of hydrogen-bond acceptors (Lipinski definition) is 3. The minimum Gasteiger partial charge on any atom is -0.347 e. The molecule has 6 heteroatoms. The second-order valence-corrected chi connectivity index (χ2v) is 5.33. The third-order valence-corrected chi connectivity index (χ3v) is 3.76. The number of nitrogens with one attached hydrogen (secondary N) is 2. The number of carbonyl (C=O) groups is 2. The van der Waals surface area contributed by atoms with Gasteiger partial charge in [0, 0.05) is 18.5 Å². The Hall–Kier alpha value is -2.37. The van der Waals surface area contributed by atoms with Gasteiger partial charge in [-0.25, -0.2) is 0 Å². The number of likely N-dealkylation sites (tertiary alicyclic amines) is 1. The predicted octanol–water partition coefficient (Wildman–Crippen LogP) is 0.844. The van der Waals surface area contributed by atoms with Gasteiger partial charge in [-0.1, -0.05) is 6.07 Å². The van der Waals surface area contributed by atoms with E-state index in [2.05, 4.69) is 15.5 Å². The number of aromatic amines is 1. The first-order valence-electron chi connectivity index (χ1n) is 7.19. The van der Waals surface area contributed by atoms with Crippen molar-refractivity contribution >= 4 is 22.7 Å². The highest BCUT2D eigenvalue weighted by Gasteiger charge is 2.18. The fourth-order valence-electron chi connectivity index (χ4n) is 2.60. The zero-order valence-electron chi connectivity index (χ0n) is 11.8. The second-order valence-electron chi connectivity index (χ2n) is 5.33. The molecule has 1 aromatic carbocycles. The molecule has 2 heterocycles. The minimum absolute atomic E-state index is 0.00568. The summed E-state index contributed by atoms with van der Waals surface area (Å²) in [7, 11) is 0. The molecular formula is C15H18N4O2. The van der Waals surface area contributed by atoms with Crippen molar-refractivity contribution in [2.45, 2.75) is 19.3 Å². The summed E-state index contributed by atoms with van der Waals surface area (Å²) in [6.45, 7) is 1.71. The molecule has 110 valence electrons. The topological polar surface area (TPSA) is 78.1 Å². The van der Waals surface area contributed by atoms with Crippen LogP contribution in [0.1, 0.15) is 18.4 Å². The Kier molecular flexibility index (Phi) is 3.85. The van der Waals surface area contributed by atoms with E-state index in [-0.39, 0.29) is 24.8 Å². The van der Waals surface area contributed by atoms with Crippen molar-refractivity contribution in [2.75, 3.05) is 19.6 Å². The van der Waals surface area contributed by atoms with Crippen molar-refractivity contribution in [1.82, 2.24) is 20.4 Å². The molecule has 0 radical (unpaired) electrons. The summed E-state index contributed by atoms with van der Waals surface area (Å²) in [5, 5.41) is 10.5. The maximum atomic E-state index is 11.9. The minimum atomic E-state index is -0.134. The zero-order chi connectivity index (χ0) is 14.7. The Balaban J connectivity index is 1.52. The van der Waals surface area contributed by atoms with Gasteiger partial charge in [0.05, 0.1) is 24.7 Å². The molecule has 1 fully saturated rings. The van der Waals surface area contributed by atoms with Crippen LogP contribution in [0.4, 0.5) is 0 Å². The molecule has 0 atom stereocenters. The number of hydrogen-bond donors (Lipinski definition) is 2. The molecular weight excluding hydrogens is 268 g/mol. The number of H-pyrrole nitrogens is 1. The van der Waals surface area contributed by atoms with Crippen molar-refractivity contribution in [3.05, 3.63) is 30.0 Å². The monoisotopic (exact) mass is 286 g/mol. The molecule has 2 N–H and O–H groups in total. The molecule has 21 heavy (non-hydrogen) atoms. The lowest BCUT2D eigenvalue weighted by Gasteiger charge is -2.15. The summed E-state index contributed by atoms with van der Waals surface area (Å²) in [5.41, 5.74) is 1.86. The Bertz CT molecular complexity index is 658. The van der Waals surface area contributed by atoms with Crippen LogP contribution in [0, 0.1) is 0 Å². The van der Waals surface area contributed by atoms with Crippen LogP contribution in [0.5, 0.6) is 0 Å². The fourth-order valence-corrected chi connectivity index (χ4v) is 2.60. The van der Waals surface area contributed by atoms with E-state index in [1.807, 2.05) is 18.2 Å². The van der Waals surface area contributed by atoms with Crippen molar-refractivity contribution in [1.29, 1.82) is 0 Å². The number of nitrogens with zero attached hydrogens (tertiary/aromatic N) is 2. The number of carbonyl (C=O) groups excluding carboxylic acids is 2. The first-order chi connectivity index (χ1) is 10.2. The summed E-state index contributed by atoms with van der Waals surface area (Å²) < 4.78 is 0. The quantitative estimate of drug-likeness (QED) is 0.874. The van der Waals surface area contributed by atoms with Gasteiger partial charge in [0.1, 0.15) is 0 Å². The van der Waals surface area contributed by atoms with E-state index >= 15 is 0 Å². The second kappa shape index (κ2) is 5.95. The lowest BCUT2D eigenvalue weighted by Crippen LogP contribution is -2.39. The van der Waals surface area contributed by atoms with E-state index in [9.17, 15) is 9.59 Å². The summed E-state index contributed by atoms with van der Waals surface area (Å²) in [5.74, 6) is -0.128. The van der Waals surface area contributed by atoms with E-state index in [4.69, 9.17) is 0 Å². The van der Waals surface area contributed by atoms with Gasteiger partial charge in [-0.05, 0) is 30.5 Å². The Morgan fingerprint density at radius 2 is 2.10 bits per heavy atom. The molecule has 1 aromatic heterocycles. The molecule has 0 unspecified atom stereocenters. The van der Waals surface area contributed by atoms with Crippen molar-refractivity contribution in [3.63, 3.8) is 0 Å². The normalized spacial score (nSPS) is 14.6. The van der Waals surface area contributed by atoms with Gasteiger partial charge < -0.3 is 10.2 Å². The molecule has 1 saturated heterocycles. The average molecular weight is 286 g/mol. The maximum Gasteiger partial charge on any atom is 0.241 e. The number of aromatic nitrogens is 2. The van der Waals surface area contributed by atoms with E-state index < -0.39 is 0 Å². The fraction of sp³-hybridized carbons (Fsp3) is 0.400. The molecule has 6 nitrogen and oxygen atoms in total. The van der Waals surface area contributed by atoms with Crippen LogP contribution in [-0.2, 0) is 16.0 Å². The zero-order valence-corrected chi connectivity index (χ0v) is 11.8. The maximum absolute atomic E-state index is 11.9. The van der Waals surface area contributed by atoms with Gasteiger partial charge in [-0.15, -0.1) is 0 Å². The third kappa shape index (κ3) is 3.21. The van der Waals surface area contributed by atoms with Crippen LogP contribution in [0.15, 0.2) is 24.4 Å². The standard InChI is InChI=1S/C15H18N4O2/c20-14(16-10-15(21)19-5-1-2-6-19)8-11-3-4-13-12(7-11)9-17-18-13/h3-4,7,9H,1-2,5-6,8,10H2,(H,16,20)(H,17,18). The number of fused-ring (bicyclic) bond motifs is 1. The summed E-state index contributed by atoms with van der Waals surface area (Å²) in [4.78, 5) is 25.5. The molecule has 0 spiro atoms. The highest BCUT2D eigenvalue weighted by molar-refractivity contribution is 5.87. The van der Waals surface area contributed by atoms with Crippen LogP contribution in [0.25, 0.3) is 10.9 Å². The van der Waals surface area contributed by atoms with Crippen molar-refractivity contribution in [2.24, 2.45) is 0 Å². The molecule has 0 bridgehead atoms. The summed E-state index contributed by atoms with van der Waals surface area (Å²) in [6.07, 6.45) is 4.12. The van der Waals surface area contributed by atoms with Crippen LogP contribution in [0.3, 0.4) is 0 Å². The summed E-state index contributed by atoms with van der Waals surface area (Å²) >= 11 is 0. The van der Waals surface area contributed by atoms with Crippen LogP contribution >= 0.6 is 0 Å². The van der Waals surface area contributed by atoms with Crippen LogP contribution < -0.4 is 5.32 Å². The molecule has 0 aliphatic carbocycles. The van der Waals surface area contributed by atoms with Gasteiger partial charge in [0.25, 0.3) is 0 Å². The Morgan fingerprint density at radius 3 is 2.90 bits per heavy atom. The molecule has 2 aromatic rings. The molecule has 3 rings (SSSR count). The first-order valence-corrected chi connectivity index (χ1v) is 7.19. The number of rotatable bonds is 4. The van der Waals surface area contributed by atoms with Gasteiger partial charge in [0.15, 0.2) is 0 Å². The molecule has 2 amide bonds. The molecule has 1 aliphatic rings. The van der Waals surface area contributed by atoms with Crippen molar-refractivity contribution < 1.29 is 9.59 Å². The SMILES string of the molecule is O=C(Cc1ccc2[nH]ncc2c1)NCC(=O)N1CCCC1. The van der Waals surface area contributed by atoms with E-state index in [0.717, 1.165) is 42.4 Å². The first kappa shape index (κ1) is 13.6. The average Bonchev–Trinajstić information content (AvgIpc) is 3.15. The van der Waals surface area contributed by atoms with E-state index in [1.54, 1.807) is 11.1 Å². The third-order valence-electron chi connectivity index (χ3n) is 3.76. The molecule has 0 saturated carbocycles. The summed E-state index contributed by atoms with van der Waals surface area (Å²) in [6, 6.07) is 5.73. The molecule has 1 aliphatic heterocycles. The lowest BCUT2D eigenvalue weighted by atomic mass is 10.1. The predicted molar refractivity (Wildman–Crippen MR) is 78.6 cm³/mol. The number of amides is 2. The van der Waals surface area contributed by atoms with Gasteiger partial charge in [-0.2, -0.15) is 5.10 Å². The van der Waals surface area contributed by atoms with Crippen LogP contribution in [-0.4, -0.2) is 46.5 Å². The largest absolute Gasteiger partial charge is 0.347 e. The highest BCUT2D eigenvalue weighted by atomic mass is 16.2. The van der Waals surface area contributed by atoms with Crippen molar-refractivity contribution in [3.8, 4) is 0 Å². The number of benzene rings is 1. The smallest absolute Gasteiger partial charge is 0.241 e. The van der Waals surface area contributed by atoms with Gasteiger partial charge in [0.2, 0.25) is 11.8 Å². The van der Waals surface area contributed by atoms with E-state index in [0.29, 0.717) is 0 Å². The van der Waals surface area contributed by atoms with Crippen LogP contribution in [0.2, 0.25) is 0 Å². The van der Waals surface area contributed by atoms with Gasteiger partial charge in [-0.3, -0.25) is 14.7 Å². The highest BCUT2D eigenvalue weighted by Crippen LogP contribution is 2.13. The Morgan fingerprint density at radius 1 is 1.29 bits per heavy atom.